The van der Waals surface area contributed by atoms with Crippen LogP contribution in [0.15, 0.2) is 171 Å². The molecule has 7 aromatic heterocycles. The first-order chi connectivity index (χ1) is 53.9. The second kappa shape index (κ2) is 47.7. The van der Waals surface area contributed by atoms with E-state index in [0.29, 0.717) is 82.2 Å². The molecule has 0 aliphatic heterocycles. The third-order valence-corrected chi connectivity index (χ3v) is 17.2. The molecule has 33 heteroatoms. The van der Waals surface area contributed by atoms with Crippen molar-refractivity contribution in [2.24, 2.45) is 0 Å². The van der Waals surface area contributed by atoms with Crippen LogP contribution in [0.25, 0.3) is 31.3 Å². The maximum atomic E-state index is 12.2. The monoisotopic (exact) mass is 1680 g/mol. The molecular weight excluding hydrogens is 1580 g/mol. The van der Waals surface area contributed by atoms with E-state index in [2.05, 4.69) is 85.5 Å². The van der Waals surface area contributed by atoms with Crippen LogP contribution in [0.3, 0.4) is 0 Å². The predicted octanol–water partition coefficient (Wildman–Crippen LogP) is 17.5. The zero-order valence-electron chi connectivity index (χ0n) is 66.5. The molecule has 27 nitrogen and oxygen atoms in total. The van der Waals surface area contributed by atoms with Gasteiger partial charge in [-0.05, 0) is 132 Å². The summed E-state index contributed by atoms with van der Waals surface area (Å²) < 4.78 is 32.2. The van der Waals surface area contributed by atoms with Crippen LogP contribution in [-0.4, -0.2) is 157 Å². The number of halogens is 3. The Morgan fingerprint density at radius 2 is 0.851 bits per heavy atom. The highest BCUT2D eigenvalue weighted by atomic mass is 35.5. The number of aromatic nitrogens is 7. The van der Waals surface area contributed by atoms with Gasteiger partial charge in [-0.3, -0.25) is 9.59 Å². The zero-order chi connectivity index (χ0) is 84.0. The predicted molar refractivity (Wildman–Crippen MR) is 456 cm³/mol. The minimum Gasteiger partial charge on any atom is -0.492 e. The van der Waals surface area contributed by atoms with Crippen molar-refractivity contribution in [2.45, 2.75) is 120 Å². The van der Waals surface area contributed by atoms with Crippen LogP contribution in [0.1, 0.15) is 92.0 Å². The first-order valence-electron chi connectivity index (χ1n) is 35.7. The molecule has 114 heavy (non-hydrogen) atoms. The first kappa shape index (κ1) is 93.9. The molecule has 610 valence electrons. The lowest BCUT2D eigenvalue weighted by molar-refractivity contribution is -0.135. The summed E-state index contributed by atoms with van der Waals surface area (Å²) >= 11 is 21.6. The van der Waals surface area contributed by atoms with Gasteiger partial charge in [0.05, 0.1) is 40.9 Å². The standard InChI is InChI=1S/C24H27N5O3S.C22H26N4O3S.C13H19ClN2O3.C9H8N2S.C7H15NO3.C6H5Cl2N/c1-5-22(30)29(4)17(3)23(31)25-11-12-32-19-13-16(2)27-21(14-19)28-24-26-15-20(33-24)18-9-7-6-8-10-18;1-15-12-17(28-11-10-23-21(27)29-22(2,3)4)13-19(25-15)26-20-24-14-18(30-20)16-8-6-5-7-9-16;1-9-7-10(8-11(14)16-9)18-6-5-15-12(17)19-13(2,3)4;10-9-11-6-8(12-9)7-4-2-1-3-5-7;1-7(2,3)11-6(10)8-4-5-9;1-4-2-5(7)3-6(8)9-4/h5-10,13-15,17H,1,11-12H2,2-4H3,(H,25,31)(H,26,27,28);5-9,12-14H,10-11H2,1-4H3,(H,23,27)(H,24,25,26);7-8H,5-6H2,1-4H3,(H,15,17);1-6H,(H2,10,11);9H,4-5H2,1-3H3,(H,8,10);2-3H,1H3/t17-;;;;;/m0...../s1. The summed E-state index contributed by atoms with van der Waals surface area (Å²) in [6.07, 6.45) is 5.24. The minimum absolute atomic E-state index is 0.0702. The maximum Gasteiger partial charge on any atom is 0.407 e. The number of hydrogen-bond donors (Lipinski definition) is 8. The van der Waals surface area contributed by atoms with E-state index in [4.69, 9.17) is 74.1 Å². The van der Waals surface area contributed by atoms with Gasteiger partial charge in [0.2, 0.25) is 11.8 Å². The molecule has 10 aromatic rings. The Kier molecular flexibility index (Phi) is 39.3. The fourth-order valence-corrected chi connectivity index (χ4v) is 12.1. The second-order valence-corrected chi connectivity index (χ2v) is 31.7. The van der Waals surface area contributed by atoms with Crippen molar-refractivity contribution in [3.05, 3.63) is 209 Å². The average Bonchev–Trinajstić information content (AvgIpc) is 1.72. The Balaban J connectivity index is 0.000000260. The topological polar surface area (TPSA) is 353 Å². The lowest BCUT2D eigenvalue weighted by atomic mass is 10.2. The van der Waals surface area contributed by atoms with Crippen LogP contribution in [0.2, 0.25) is 15.3 Å². The SMILES string of the molecule is C=CC(=O)N(C)[C@@H](C)C(=O)NCCOc1cc(C)nc(Nc2ncc(-c3ccccc3)s2)c1.CC(C)(C)OC(=O)NCCO.Cc1cc(Cl)cc(Cl)n1.Cc1cc(OCCNC(=O)OC(C)(C)C)cc(Cl)n1.Cc1cc(OCCNC(=O)OC(C)(C)C)cc(Nc2ncc(-c3ccccc3)s2)n1.Nc1ncc(-c2ccccc2)s1. The Hall–Kier alpha value is -10.7. The van der Waals surface area contributed by atoms with Crippen molar-refractivity contribution in [3.8, 4) is 48.6 Å². The van der Waals surface area contributed by atoms with Crippen molar-refractivity contribution in [1.82, 2.24) is 61.1 Å². The molecule has 0 radical (unpaired) electrons. The summed E-state index contributed by atoms with van der Waals surface area (Å²) in [5, 5.41) is 28.8. The number of nitrogen functional groups attached to an aromatic ring is 1. The van der Waals surface area contributed by atoms with E-state index >= 15 is 0 Å². The summed E-state index contributed by atoms with van der Waals surface area (Å²) in [6.45, 7) is 30.9. The number of hydrogen-bond acceptors (Lipinski definition) is 25. The highest BCUT2D eigenvalue weighted by molar-refractivity contribution is 7.19. The normalized spacial score (nSPS) is 10.9. The molecule has 3 aromatic carbocycles. The second-order valence-electron chi connectivity index (χ2n) is 27.3. The summed E-state index contributed by atoms with van der Waals surface area (Å²) in [4.78, 5) is 92.0. The Morgan fingerprint density at radius 1 is 0.500 bits per heavy atom. The maximum absolute atomic E-state index is 12.2. The molecule has 0 bridgehead atoms. The number of amides is 5. The van der Waals surface area contributed by atoms with Crippen molar-refractivity contribution < 1.29 is 57.5 Å². The van der Waals surface area contributed by atoms with Crippen LogP contribution in [0.4, 0.5) is 41.4 Å². The number of aliphatic hydroxyl groups excluding tert-OH is 1. The lowest BCUT2D eigenvalue weighted by Crippen LogP contribution is -2.46. The summed E-state index contributed by atoms with van der Waals surface area (Å²) in [7, 11) is 1.56. The molecular formula is C81H100Cl3N15O12S3. The van der Waals surface area contributed by atoms with Gasteiger partial charge < -0.3 is 76.1 Å². The molecule has 0 saturated carbocycles. The van der Waals surface area contributed by atoms with Crippen molar-refractivity contribution in [2.75, 3.05) is 76.0 Å². The summed E-state index contributed by atoms with van der Waals surface area (Å²) in [6, 6.07) is 43.7. The molecule has 0 aliphatic carbocycles. The zero-order valence-corrected chi connectivity index (χ0v) is 71.2. The van der Waals surface area contributed by atoms with Crippen molar-refractivity contribution >= 4 is 126 Å². The number of nitrogens with one attached hydrogen (secondary N) is 6. The molecule has 7 heterocycles. The highest BCUT2D eigenvalue weighted by Crippen LogP contribution is 2.33. The van der Waals surface area contributed by atoms with E-state index in [-0.39, 0.29) is 31.6 Å². The van der Waals surface area contributed by atoms with Crippen LogP contribution < -0.4 is 51.8 Å². The highest BCUT2D eigenvalue weighted by Gasteiger charge is 2.22. The van der Waals surface area contributed by atoms with Crippen LogP contribution >= 0.6 is 68.8 Å². The van der Waals surface area contributed by atoms with Crippen LogP contribution in [0.5, 0.6) is 17.2 Å². The molecule has 0 aliphatic rings. The van der Waals surface area contributed by atoms with Crippen molar-refractivity contribution in [1.29, 1.82) is 0 Å². The average molecular weight is 1680 g/mol. The van der Waals surface area contributed by atoms with Crippen molar-refractivity contribution in [3.63, 3.8) is 0 Å². The third kappa shape index (κ3) is 38.7. The third-order valence-electron chi connectivity index (χ3n) is 13.8. The fraction of sp³-hybridized carbons (Fsp3) is 0.333. The van der Waals surface area contributed by atoms with Gasteiger partial charge in [-0.25, -0.2) is 49.3 Å². The van der Waals surface area contributed by atoms with E-state index in [0.717, 1.165) is 58.8 Å². The Bertz CT molecular complexity index is 4570. The van der Waals surface area contributed by atoms with E-state index in [9.17, 15) is 24.0 Å². The molecule has 0 saturated heterocycles. The van der Waals surface area contributed by atoms with Crippen LogP contribution in [0, 0.1) is 27.7 Å². The number of rotatable bonds is 24. The van der Waals surface area contributed by atoms with E-state index in [1.807, 2.05) is 179 Å². The molecule has 1 atom stereocenters. The van der Waals surface area contributed by atoms with Gasteiger partial charge >= 0.3 is 18.3 Å². The van der Waals surface area contributed by atoms with Gasteiger partial charge in [-0.15, -0.1) is 0 Å². The molecule has 9 N–H and O–H groups in total. The number of nitrogens with zero attached hydrogens (tertiary/aromatic N) is 8. The van der Waals surface area contributed by atoms with Gasteiger partial charge in [0, 0.05) is 96.4 Å². The number of pyridine rings is 4. The number of alkyl carbamates (subject to hydrolysis) is 3. The van der Waals surface area contributed by atoms with Gasteiger partial charge in [-0.1, -0.05) is 166 Å². The van der Waals surface area contributed by atoms with Gasteiger partial charge in [0.25, 0.3) is 0 Å². The number of carbonyl (C=O) groups excluding carboxylic acids is 5. The Labute approximate surface area is 693 Å². The first-order valence-corrected chi connectivity index (χ1v) is 39.3. The summed E-state index contributed by atoms with van der Waals surface area (Å²) in [5.74, 6) is 2.63. The molecule has 5 amide bonds. The molecule has 0 unspecified atom stereocenters. The summed E-state index contributed by atoms with van der Waals surface area (Å²) in [5.41, 5.74) is 10.7. The number of aryl methyl sites for hydroxylation is 4. The number of thiazole rings is 3. The quantitative estimate of drug-likeness (QED) is 0.0121. The molecule has 10 rings (SSSR count). The number of benzene rings is 3. The molecule has 0 fully saturated rings. The Morgan fingerprint density at radius 3 is 1.20 bits per heavy atom. The number of carbonyl (C=O) groups is 5. The van der Waals surface area contributed by atoms with Gasteiger partial charge in [-0.2, -0.15) is 0 Å². The van der Waals surface area contributed by atoms with Crippen LogP contribution in [-0.2, 0) is 23.8 Å². The number of aliphatic hydroxyl groups is 1. The molecule has 0 spiro atoms. The van der Waals surface area contributed by atoms with Gasteiger partial charge in [0.1, 0.15) is 81.9 Å². The van der Waals surface area contributed by atoms with E-state index in [1.165, 1.54) is 27.9 Å². The number of anilines is 5. The number of likely N-dealkylation sites (N-methyl/N-ethyl adjacent to an activating group) is 1. The van der Waals surface area contributed by atoms with Gasteiger partial charge in [0.15, 0.2) is 15.4 Å². The van der Waals surface area contributed by atoms with E-state index in [1.54, 1.807) is 93.9 Å². The number of nitrogens with two attached hydrogens (primary N) is 1. The largest absolute Gasteiger partial charge is 0.492 e. The lowest BCUT2D eigenvalue weighted by Gasteiger charge is -2.22. The fourth-order valence-electron chi connectivity index (χ4n) is 8.96. The van der Waals surface area contributed by atoms with E-state index < -0.39 is 41.1 Å². The smallest absolute Gasteiger partial charge is 0.407 e. The minimum atomic E-state index is -0.603. The number of ether oxygens (including phenoxy) is 6.